The first-order valence-electron chi connectivity index (χ1n) is 12.0. The van der Waals surface area contributed by atoms with E-state index in [-0.39, 0.29) is 23.9 Å². The zero-order valence-corrected chi connectivity index (χ0v) is 20.8. The molecule has 1 aromatic carbocycles. The summed E-state index contributed by atoms with van der Waals surface area (Å²) in [4.78, 5) is 32.1. The molecule has 3 rings (SSSR count). The summed E-state index contributed by atoms with van der Waals surface area (Å²) in [5, 5.41) is 6.16. The minimum Gasteiger partial charge on any atom is -0.497 e. The molecular formula is C25H37N5O4. The predicted molar refractivity (Wildman–Crippen MR) is 130 cm³/mol. The number of methoxy groups -OCH3 is 2. The van der Waals surface area contributed by atoms with Crippen molar-refractivity contribution in [2.45, 2.75) is 51.6 Å². The Balaban J connectivity index is 1.68. The zero-order chi connectivity index (χ0) is 24.7. The van der Waals surface area contributed by atoms with Gasteiger partial charge in [0.2, 0.25) is 5.91 Å². The van der Waals surface area contributed by atoms with Crippen LogP contribution in [-0.2, 0) is 11.8 Å². The molecule has 1 fully saturated rings. The second-order valence-electron chi connectivity index (χ2n) is 8.71. The molecule has 1 aliphatic heterocycles. The molecule has 1 aromatic heterocycles. The molecule has 1 unspecified atom stereocenters. The quantitative estimate of drug-likeness (QED) is 0.585. The number of hydrogen-bond acceptors (Lipinski definition) is 5. The normalized spacial score (nSPS) is 15.2. The number of likely N-dealkylation sites (tertiary alicyclic amines) is 1. The number of ether oxygens (including phenoxy) is 2. The maximum absolute atomic E-state index is 13.0. The average molecular weight is 472 g/mol. The van der Waals surface area contributed by atoms with Gasteiger partial charge in [0.25, 0.3) is 0 Å². The Bertz CT molecular complexity index is 942. The first-order chi connectivity index (χ1) is 16.4. The smallest absolute Gasteiger partial charge is 0.315 e. The molecule has 2 heterocycles. The van der Waals surface area contributed by atoms with Crippen molar-refractivity contribution < 1.29 is 19.1 Å². The topological polar surface area (TPSA) is 97.7 Å². The van der Waals surface area contributed by atoms with E-state index in [4.69, 9.17) is 9.47 Å². The number of benzene rings is 1. The first kappa shape index (κ1) is 25.4. The third kappa shape index (κ3) is 6.01. The van der Waals surface area contributed by atoms with E-state index >= 15 is 0 Å². The highest BCUT2D eigenvalue weighted by Gasteiger charge is 2.28. The molecule has 9 heteroatoms. The lowest BCUT2D eigenvalue weighted by Gasteiger charge is -2.34. The molecule has 186 valence electrons. The molecule has 1 atom stereocenters. The monoisotopic (exact) mass is 471 g/mol. The molecule has 1 saturated heterocycles. The minimum absolute atomic E-state index is 0.00706. The van der Waals surface area contributed by atoms with Gasteiger partial charge in [0.05, 0.1) is 14.2 Å². The van der Waals surface area contributed by atoms with Crippen LogP contribution in [0.3, 0.4) is 0 Å². The summed E-state index contributed by atoms with van der Waals surface area (Å²) in [6.07, 6.45) is 6.73. The van der Waals surface area contributed by atoms with Gasteiger partial charge in [-0.25, -0.2) is 9.78 Å². The van der Waals surface area contributed by atoms with Crippen LogP contribution in [0, 0.1) is 5.92 Å². The lowest BCUT2D eigenvalue weighted by Crippen LogP contribution is -2.50. The van der Waals surface area contributed by atoms with Crippen LogP contribution in [0.1, 0.15) is 57.0 Å². The lowest BCUT2D eigenvalue weighted by molar-refractivity contribution is -0.136. The Morgan fingerprint density at radius 1 is 1.09 bits per heavy atom. The van der Waals surface area contributed by atoms with Crippen LogP contribution < -0.4 is 20.1 Å². The Morgan fingerprint density at radius 2 is 1.71 bits per heavy atom. The molecule has 2 N–H and O–H groups in total. The van der Waals surface area contributed by atoms with Crippen molar-refractivity contribution in [3.63, 3.8) is 0 Å². The lowest BCUT2D eigenvalue weighted by atomic mass is 9.98. The van der Waals surface area contributed by atoms with E-state index in [0.29, 0.717) is 30.4 Å². The van der Waals surface area contributed by atoms with Gasteiger partial charge in [-0.3, -0.25) is 4.79 Å². The van der Waals surface area contributed by atoms with Gasteiger partial charge in [0, 0.05) is 50.6 Å². The van der Waals surface area contributed by atoms with Crippen LogP contribution >= 0.6 is 0 Å². The van der Waals surface area contributed by atoms with E-state index in [1.807, 2.05) is 34.8 Å². The first-order valence-corrected chi connectivity index (χ1v) is 12.0. The highest BCUT2D eigenvalue weighted by Crippen LogP contribution is 2.29. The van der Waals surface area contributed by atoms with E-state index < -0.39 is 6.04 Å². The Labute approximate surface area is 201 Å². The van der Waals surface area contributed by atoms with Crippen LogP contribution in [-0.4, -0.2) is 59.7 Å². The van der Waals surface area contributed by atoms with Crippen molar-refractivity contribution in [3.05, 3.63) is 42.0 Å². The second kappa shape index (κ2) is 11.8. The summed E-state index contributed by atoms with van der Waals surface area (Å²) in [6, 6.07) is 4.75. The number of aryl methyl sites for hydroxylation is 1. The number of urea groups is 1. The van der Waals surface area contributed by atoms with E-state index in [9.17, 15) is 9.59 Å². The standard InChI is InChI=1S/C25H37N5O4/c1-6-17(7-2)24(31)30-11-8-19(9-12-30)27-25(32)28-22(23-26-10-13-29(23)3)18-14-20(33-4)16-21(15-18)34-5/h10,13-17,19,22H,6-9,11-12H2,1-5H3,(H2,27,28,32). The van der Waals surface area contributed by atoms with Crippen molar-refractivity contribution in [2.75, 3.05) is 27.3 Å². The third-order valence-electron chi connectivity index (χ3n) is 6.58. The Morgan fingerprint density at radius 3 is 2.21 bits per heavy atom. The fraction of sp³-hybridized carbons (Fsp3) is 0.560. The van der Waals surface area contributed by atoms with Crippen LogP contribution in [0.2, 0.25) is 0 Å². The van der Waals surface area contributed by atoms with Gasteiger partial charge in [-0.2, -0.15) is 0 Å². The number of nitrogens with zero attached hydrogens (tertiary/aromatic N) is 3. The van der Waals surface area contributed by atoms with Crippen molar-refractivity contribution in [3.8, 4) is 11.5 Å². The number of carbonyl (C=O) groups excluding carboxylic acids is 2. The molecule has 2 aromatic rings. The minimum atomic E-state index is -0.500. The largest absolute Gasteiger partial charge is 0.497 e. The Kier molecular flexibility index (Phi) is 8.79. The number of carbonyl (C=O) groups is 2. The van der Waals surface area contributed by atoms with Gasteiger partial charge in [-0.1, -0.05) is 13.8 Å². The van der Waals surface area contributed by atoms with Crippen molar-refractivity contribution in [2.24, 2.45) is 13.0 Å². The molecule has 1 aliphatic rings. The summed E-state index contributed by atoms with van der Waals surface area (Å²) in [6.45, 7) is 5.44. The number of piperidine rings is 1. The van der Waals surface area contributed by atoms with Gasteiger partial charge in [-0.15, -0.1) is 0 Å². The van der Waals surface area contributed by atoms with Crippen LogP contribution in [0.25, 0.3) is 0 Å². The molecule has 0 spiro atoms. The maximum Gasteiger partial charge on any atom is 0.315 e. The molecular weight excluding hydrogens is 434 g/mol. The second-order valence-corrected chi connectivity index (χ2v) is 8.71. The molecule has 0 bridgehead atoms. The number of rotatable bonds is 9. The third-order valence-corrected chi connectivity index (χ3v) is 6.58. The van der Waals surface area contributed by atoms with Crippen LogP contribution in [0.4, 0.5) is 4.79 Å². The number of imidazole rings is 1. The number of amides is 3. The van der Waals surface area contributed by atoms with Gasteiger partial charge >= 0.3 is 6.03 Å². The maximum atomic E-state index is 13.0. The number of nitrogens with one attached hydrogen (secondary N) is 2. The molecule has 0 aliphatic carbocycles. The highest BCUT2D eigenvalue weighted by molar-refractivity contribution is 5.79. The molecule has 0 radical (unpaired) electrons. The SMILES string of the molecule is CCC(CC)C(=O)N1CCC(NC(=O)NC(c2cc(OC)cc(OC)c2)c2nccn2C)CC1. The number of aromatic nitrogens is 2. The van der Waals surface area contributed by atoms with Crippen molar-refractivity contribution in [1.82, 2.24) is 25.1 Å². The molecule has 9 nitrogen and oxygen atoms in total. The zero-order valence-electron chi connectivity index (χ0n) is 20.8. The van der Waals surface area contributed by atoms with E-state index in [2.05, 4.69) is 29.5 Å². The summed E-state index contributed by atoms with van der Waals surface area (Å²) in [7, 11) is 5.07. The van der Waals surface area contributed by atoms with Gasteiger partial charge in [0.1, 0.15) is 23.4 Å². The molecule has 3 amide bonds. The fourth-order valence-corrected chi connectivity index (χ4v) is 4.45. The van der Waals surface area contributed by atoms with Gasteiger partial charge in [0.15, 0.2) is 0 Å². The molecule has 34 heavy (non-hydrogen) atoms. The summed E-state index contributed by atoms with van der Waals surface area (Å²) in [5.41, 5.74) is 0.797. The van der Waals surface area contributed by atoms with Crippen LogP contribution in [0.5, 0.6) is 11.5 Å². The summed E-state index contributed by atoms with van der Waals surface area (Å²) in [5.74, 6) is 2.27. The van der Waals surface area contributed by atoms with Gasteiger partial charge < -0.3 is 29.6 Å². The van der Waals surface area contributed by atoms with E-state index in [0.717, 1.165) is 31.2 Å². The summed E-state index contributed by atoms with van der Waals surface area (Å²) < 4.78 is 12.7. The number of hydrogen-bond donors (Lipinski definition) is 2. The average Bonchev–Trinajstić information content (AvgIpc) is 3.28. The highest BCUT2D eigenvalue weighted by atomic mass is 16.5. The van der Waals surface area contributed by atoms with Crippen molar-refractivity contribution >= 4 is 11.9 Å². The molecule has 0 saturated carbocycles. The van der Waals surface area contributed by atoms with Crippen LogP contribution in [0.15, 0.2) is 30.6 Å². The van der Waals surface area contributed by atoms with Crippen molar-refractivity contribution in [1.29, 1.82) is 0 Å². The van der Waals surface area contributed by atoms with E-state index in [1.54, 1.807) is 26.5 Å². The fourth-order valence-electron chi connectivity index (χ4n) is 4.45. The summed E-state index contributed by atoms with van der Waals surface area (Å²) >= 11 is 0. The predicted octanol–water partition coefficient (Wildman–Crippen LogP) is 3.25. The van der Waals surface area contributed by atoms with Gasteiger partial charge in [-0.05, 0) is 43.4 Å². The Hall–Kier alpha value is -3.23. The van der Waals surface area contributed by atoms with E-state index in [1.165, 1.54) is 0 Å².